The minimum atomic E-state index is -0.509. The lowest BCUT2D eigenvalue weighted by Crippen LogP contribution is -2.36. The number of carbonyl (C=O) groups excluding carboxylic acids is 1. The Kier molecular flexibility index (Phi) is 5.04. The highest BCUT2D eigenvalue weighted by Gasteiger charge is 2.30. The number of H-pyrrole nitrogens is 1. The first kappa shape index (κ1) is 19.4. The van der Waals surface area contributed by atoms with Crippen LogP contribution in [0.5, 0.6) is 0 Å². The van der Waals surface area contributed by atoms with E-state index in [4.69, 9.17) is 16.3 Å². The molecule has 1 unspecified atom stereocenters. The van der Waals surface area contributed by atoms with Gasteiger partial charge in [0.25, 0.3) is 0 Å². The number of anilines is 1. The van der Waals surface area contributed by atoms with E-state index in [9.17, 15) is 4.79 Å². The predicted octanol–water partition coefficient (Wildman–Crippen LogP) is 4.09. The highest BCUT2D eigenvalue weighted by Crippen LogP contribution is 2.31. The molecule has 1 aliphatic rings. The molecule has 1 aliphatic heterocycles. The Morgan fingerprint density at radius 2 is 2.21 bits per heavy atom. The van der Waals surface area contributed by atoms with Gasteiger partial charge in [0.05, 0.1) is 16.9 Å². The molecule has 0 radical (unpaired) electrons. The number of likely N-dealkylation sites (tertiary alicyclic amines) is 1. The summed E-state index contributed by atoms with van der Waals surface area (Å²) < 4.78 is 5.45. The second kappa shape index (κ2) is 7.51. The molecule has 29 heavy (non-hydrogen) atoms. The zero-order valence-corrected chi connectivity index (χ0v) is 17.3. The number of nitrogens with one attached hydrogen (secondary N) is 2. The van der Waals surface area contributed by atoms with E-state index in [2.05, 4.69) is 25.3 Å². The third-order valence-electron chi connectivity index (χ3n) is 4.62. The van der Waals surface area contributed by atoms with Crippen LogP contribution in [0.3, 0.4) is 0 Å². The molecular formula is C20H23ClN6O2. The van der Waals surface area contributed by atoms with Gasteiger partial charge in [-0.3, -0.25) is 0 Å². The van der Waals surface area contributed by atoms with E-state index < -0.39 is 5.60 Å². The standard InChI is InChI=1S/C20H23ClN6O2/c1-20(2,3)29-19(28)27-8-6-12(11-27)25-18-24-10-15(21)16(26-18)14-9-23-17-13(14)5-4-7-22-17/h4-5,7,9-10,12H,6,8,11H2,1-3H3,(H,22,23)(H,24,25,26). The van der Waals surface area contributed by atoms with Crippen molar-refractivity contribution in [2.45, 2.75) is 38.8 Å². The van der Waals surface area contributed by atoms with Crippen molar-refractivity contribution >= 4 is 34.7 Å². The first-order valence-electron chi connectivity index (χ1n) is 9.49. The lowest BCUT2D eigenvalue weighted by atomic mass is 10.1. The van der Waals surface area contributed by atoms with Crippen molar-refractivity contribution in [3.63, 3.8) is 0 Å². The van der Waals surface area contributed by atoms with Crippen LogP contribution < -0.4 is 5.32 Å². The van der Waals surface area contributed by atoms with Gasteiger partial charge in [-0.05, 0) is 39.3 Å². The van der Waals surface area contributed by atoms with E-state index in [1.807, 2.05) is 39.1 Å². The molecular weight excluding hydrogens is 392 g/mol. The summed E-state index contributed by atoms with van der Waals surface area (Å²) in [5.74, 6) is 0.471. The molecule has 2 N–H and O–H groups in total. The summed E-state index contributed by atoms with van der Waals surface area (Å²) in [5, 5.41) is 4.71. The first-order valence-corrected chi connectivity index (χ1v) is 9.87. The van der Waals surface area contributed by atoms with Crippen LogP contribution in [0.25, 0.3) is 22.3 Å². The number of rotatable bonds is 3. The molecule has 0 spiro atoms. The van der Waals surface area contributed by atoms with Gasteiger partial charge in [0, 0.05) is 42.5 Å². The van der Waals surface area contributed by atoms with E-state index >= 15 is 0 Å². The van der Waals surface area contributed by atoms with Crippen molar-refractivity contribution in [2.24, 2.45) is 0 Å². The first-order chi connectivity index (χ1) is 13.8. The van der Waals surface area contributed by atoms with Gasteiger partial charge in [0.15, 0.2) is 0 Å². The van der Waals surface area contributed by atoms with E-state index in [1.54, 1.807) is 17.3 Å². The lowest BCUT2D eigenvalue weighted by molar-refractivity contribution is 0.0293. The largest absolute Gasteiger partial charge is 0.444 e. The number of aromatic amines is 1. The van der Waals surface area contributed by atoms with Crippen molar-refractivity contribution in [1.82, 2.24) is 24.8 Å². The van der Waals surface area contributed by atoms with Crippen LogP contribution in [0.2, 0.25) is 5.02 Å². The van der Waals surface area contributed by atoms with Crippen LogP contribution >= 0.6 is 11.6 Å². The Hall–Kier alpha value is -2.87. The topological polar surface area (TPSA) is 96.0 Å². The Morgan fingerprint density at radius 3 is 3.00 bits per heavy atom. The summed E-state index contributed by atoms with van der Waals surface area (Å²) in [6, 6.07) is 3.88. The number of fused-ring (bicyclic) bond motifs is 1. The molecule has 152 valence electrons. The van der Waals surface area contributed by atoms with Gasteiger partial charge in [-0.25, -0.2) is 19.7 Å². The van der Waals surface area contributed by atoms with Gasteiger partial charge in [-0.15, -0.1) is 0 Å². The van der Waals surface area contributed by atoms with Crippen LogP contribution in [0.15, 0.2) is 30.7 Å². The summed E-state index contributed by atoms with van der Waals surface area (Å²) in [6.45, 7) is 6.74. The average molecular weight is 415 g/mol. The maximum Gasteiger partial charge on any atom is 0.410 e. The summed E-state index contributed by atoms with van der Waals surface area (Å²) in [6.07, 6.45) is 5.65. The van der Waals surface area contributed by atoms with Gasteiger partial charge in [-0.1, -0.05) is 11.6 Å². The number of pyridine rings is 1. The molecule has 8 nitrogen and oxygen atoms in total. The number of ether oxygens (including phenoxy) is 1. The number of hydrogen-bond donors (Lipinski definition) is 2. The van der Waals surface area contributed by atoms with Crippen LogP contribution in [-0.2, 0) is 4.74 Å². The fourth-order valence-corrected chi connectivity index (χ4v) is 3.52. The van der Waals surface area contributed by atoms with Crippen LogP contribution in [-0.4, -0.2) is 55.7 Å². The van der Waals surface area contributed by atoms with Gasteiger partial charge in [0.1, 0.15) is 11.2 Å². The molecule has 0 saturated carbocycles. The van der Waals surface area contributed by atoms with Crippen molar-refractivity contribution in [3.8, 4) is 11.3 Å². The average Bonchev–Trinajstić information content (AvgIpc) is 3.29. The SMILES string of the molecule is CC(C)(C)OC(=O)N1CCC(Nc2ncc(Cl)c(-c3c[nH]c4ncccc34)n2)C1. The molecule has 1 saturated heterocycles. The number of nitrogens with zero attached hydrogens (tertiary/aromatic N) is 4. The van der Waals surface area contributed by atoms with Gasteiger partial charge < -0.3 is 19.9 Å². The molecule has 0 aromatic carbocycles. The molecule has 3 aromatic rings. The fourth-order valence-electron chi connectivity index (χ4n) is 3.33. The lowest BCUT2D eigenvalue weighted by Gasteiger charge is -2.24. The summed E-state index contributed by atoms with van der Waals surface area (Å²) >= 11 is 6.37. The Balaban J connectivity index is 1.50. The molecule has 0 bridgehead atoms. The number of hydrogen-bond acceptors (Lipinski definition) is 6. The highest BCUT2D eigenvalue weighted by atomic mass is 35.5. The molecule has 4 heterocycles. The molecule has 9 heteroatoms. The van der Waals surface area contributed by atoms with Crippen LogP contribution in [0, 0.1) is 0 Å². The maximum atomic E-state index is 12.3. The molecule has 1 atom stereocenters. The van der Waals surface area contributed by atoms with Crippen LogP contribution in [0.4, 0.5) is 10.7 Å². The second-order valence-electron chi connectivity index (χ2n) is 8.05. The Labute approximate surface area is 173 Å². The summed E-state index contributed by atoms with van der Waals surface area (Å²) in [7, 11) is 0. The van der Waals surface area contributed by atoms with Crippen LogP contribution in [0.1, 0.15) is 27.2 Å². The number of amides is 1. The van der Waals surface area contributed by atoms with Gasteiger partial charge in [0.2, 0.25) is 5.95 Å². The third-order valence-corrected chi connectivity index (χ3v) is 4.90. The van der Waals surface area contributed by atoms with E-state index in [0.717, 1.165) is 23.0 Å². The predicted molar refractivity (Wildman–Crippen MR) is 112 cm³/mol. The number of halogens is 1. The van der Waals surface area contributed by atoms with Gasteiger partial charge >= 0.3 is 6.09 Å². The Morgan fingerprint density at radius 1 is 1.38 bits per heavy atom. The minimum Gasteiger partial charge on any atom is -0.444 e. The van der Waals surface area contributed by atoms with E-state index in [0.29, 0.717) is 29.8 Å². The molecule has 4 rings (SSSR count). The van der Waals surface area contributed by atoms with Crippen molar-refractivity contribution < 1.29 is 9.53 Å². The number of aromatic nitrogens is 4. The van der Waals surface area contributed by atoms with Crippen molar-refractivity contribution in [1.29, 1.82) is 0 Å². The van der Waals surface area contributed by atoms with E-state index in [1.165, 1.54) is 0 Å². The van der Waals surface area contributed by atoms with E-state index in [-0.39, 0.29) is 12.1 Å². The zero-order chi connectivity index (χ0) is 20.6. The highest BCUT2D eigenvalue weighted by molar-refractivity contribution is 6.33. The summed E-state index contributed by atoms with van der Waals surface area (Å²) in [5.41, 5.74) is 1.76. The fraction of sp³-hybridized carbons (Fsp3) is 0.400. The van der Waals surface area contributed by atoms with Crippen molar-refractivity contribution in [3.05, 3.63) is 35.7 Å². The molecule has 3 aromatic heterocycles. The third kappa shape index (κ3) is 4.27. The maximum absolute atomic E-state index is 12.3. The molecule has 1 fully saturated rings. The normalized spacial score (nSPS) is 17.0. The van der Waals surface area contributed by atoms with Gasteiger partial charge in [-0.2, -0.15) is 0 Å². The summed E-state index contributed by atoms with van der Waals surface area (Å²) in [4.78, 5) is 30.3. The monoisotopic (exact) mass is 414 g/mol. The smallest absolute Gasteiger partial charge is 0.410 e. The number of carbonyl (C=O) groups is 1. The second-order valence-corrected chi connectivity index (χ2v) is 8.46. The quantitative estimate of drug-likeness (QED) is 0.670. The Bertz CT molecular complexity index is 1040. The molecule has 1 amide bonds. The molecule has 0 aliphatic carbocycles. The minimum absolute atomic E-state index is 0.0428. The zero-order valence-electron chi connectivity index (χ0n) is 16.6. The van der Waals surface area contributed by atoms with Crippen molar-refractivity contribution in [2.75, 3.05) is 18.4 Å².